The molecule has 134 valence electrons. The van der Waals surface area contributed by atoms with Gasteiger partial charge < -0.3 is 10.6 Å². The molecule has 1 saturated heterocycles. The second-order valence-corrected chi connectivity index (χ2v) is 7.40. The third kappa shape index (κ3) is 4.75. The number of carbonyl (C=O) groups excluding carboxylic acids is 2. The Bertz CT molecular complexity index is 907. The number of halogens is 3. The minimum Gasteiger partial charge on any atom is -0.325 e. The molecular formula is C17H12Cl2FN3O2S. The maximum absolute atomic E-state index is 13.2. The Kier molecular flexibility index (Phi) is 5.80. The fourth-order valence-corrected chi connectivity index (χ4v) is 3.54. The summed E-state index contributed by atoms with van der Waals surface area (Å²) in [6.07, 6.45) is -0.0679. The number of nitrogens with one attached hydrogen (secondary N) is 2. The van der Waals surface area contributed by atoms with Gasteiger partial charge in [0, 0.05) is 11.4 Å². The molecule has 0 radical (unpaired) electrons. The lowest BCUT2D eigenvalue weighted by atomic mass is 10.2. The van der Waals surface area contributed by atoms with Gasteiger partial charge in [-0.2, -0.15) is 0 Å². The molecule has 2 aromatic rings. The highest BCUT2D eigenvalue weighted by Crippen LogP contribution is 2.28. The molecule has 0 bridgehead atoms. The fraction of sp³-hybridized carbons (Fsp3) is 0.118. The van der Waals surface area contributed by atoms with Gasteiger partial charge in [-0.15, -0.1) is 0 Å². The van der Waals surface area contributed by atoms with Crippen LogP contribution in [0.3, 0.4) is 0 Å². The van der Waals surface area contributed by atoms with Gasteiger partial charge in [-0.25, -0.2) is 9.38 Å². The minimum atomic E-state index is -0.639. The highest BCUT2D eigenvalue weighted by molar-refractivity contribution is 8.15. The van der Waals surface area contributed by atoms with E-state index >= 15 is 0 Å². The summed E-state index contributed by atoms with van der Waals surface area (Å²) in [6.45, 7) is 0. The topological polar surface area (TPSA) is 70.6 Å². The number of amidine groups is 1. The van der Waals surface area contributed by atoms with Crippen molar-refractivity contribution < 1.29 is 14.0 Å². The van der Waals surface area contributed by atoms with Crippen LogP contribution in [0.2, 0.25) is 10.0 Å². The van der Waals surface area contributed by atoms with E-state index in [-0.39, 0.29) is 18.2 Å². The lowest BCUT2D eigenvalue weighted by Crippen LogP contribution is -2.28. The van der Waals surface area contributed by atoms with E-state index in [4.69, 9.17) is 23.2 Å². The predicted molar refractivity (Wildman–Crippen MR) is 103 cm³/mol. The average molecular weight is 412 g/mol. The molecule has 0 saturated carbocycles. The Balaban J connectivity index is 1.64. The molecule has 2 amide bonds. The van der Waals surface area contributed by atoms with E-state index in [1.54, 1.807) is 18.2 Å². The summed E-state index contributed by atoms with van der Waals surface area (Å²) in [5.74, 6) is -1.14. The zero-order valence-corrected chi connectivity index (χ0v) is 15.5. The van der Waals surface area contributed by atoms with Crippen molar-refractivity contribution in [3.63, 3.8) is 0 Å². The van der Waals surface area contributed by atoms with Gasteiger partial charge in [0.25, 0.3) is 0 Å². The number of carbonyl (C=O) groups is 2. The van der Waals surface area contributed by atoms with Gasteiger partial charge in [-0.05, 0) is 36.4 Å². The van der Waals surface area contributed by atoms with Crippen LogP contribution in [0.25, 0.3) is 0 Å². The van der Waals surface area contributed by atoms with E-state index in [0.717, 1.165) is 11.8 Å². The van der Waals surface area contributed by atoms with Crippen LogP contribution in [0.1, 0.15) is 6.42 Å². The molecule has 0 aromatic heterocycles. The van der Waals surface area contributed by atoms with Crippen molar-refractivity contribution >= 4 is 63.3 Å². The number of rotatable bonds is 4. The summed E-state index contributed by atoms with van der Waals surface area (Å²) in [7, 11) is 0. The highest BCUT2D eigenvalue weighted by atomic mass is 35.5. The van der Waals surface area contributed by atoms with Gasteiger partial charge in [-0.3, -0.25) is 9.59 Å². The van der Waals surface area contributed by atoms with Crippen LogP contribution in [0.5, 0.6) is 0 Å². The van der Waals surface area contributed by atoms with Crippen LogP contribution in [0, 0.1) is 5.82 Å². The molecule has 1 unspecified atom stereocenters. The summed E-state index contributed by atoms with van der Waals surface area (Å²) in [5, 5.41) is 5.68. The van der Waals surface area contributed by atoms with Crippen LogP contribution >= 0.6 is 35.0 Å². The van der Waals surface area contributed by atoms with Crippen LogP contribution in [-0.2, 0) is 9.59 Å². The first-order valence-corrected chi connectivity index (χ1v) is 9.11. The molecular weight excluding hydrogens is 400 g/mol. The number of hydrogen-bond donors (Lipinski definition) is 2. The first kappa shape index (κ1) is 18.7. The Hall–Kier alpha value is -2.09. The summed E-state index contributed by atoms with van der Waals surface area (Å²) < 4.78 is 13.2. The Morgan fingerprint density at radius 2 is 2.08 bits per heavy atom. The molecule has 1 atom stereocenters. The van der Waals surface area contributed by atoms with Crippen LogP contribution in [-0.4, -0.2) is 22.2 Å². The number of anilines is 1. The lowest BCUT2D eigenvalue weighted by Gasteiger charge is -2.09. The maximum atomic E-state index is 13.2. The quantitative estimate of drug-likeness (QED) is 0.783. The standard InChI is InChI=1S/C17H12Cl2FN3O2S/c18-9-4-5-12(19)13(6-9)22-15(24)8-14-16(25)23-17(26-14)21-11-3-1-2-10(20)7-11/h1-7,14H,8H2,(H,22,24)(H,21,23,25). The number of aliphatic imine (C=N–C) groups is 1. The monoisotopic (exact) mass is 411 g/mol. The molecule has 1 aliphatic rings. The van der Waals surface area contributed by atoms with E-state index in [0.29, 0.717) is 26.6 Å². The van der Waals surface area contributed by atoms with Gasteiger partial charge in [0.1, 0.15) is 11.1 Å². The van der Waals surface area contributed by atoms with Crippen molar-refractivity contribution in [2.24, 2.45) is 4.99 Å². The summed E-state index contributed by atoms with van der Waals surface area (Å²) in [6, 6.07) is 10.4. The molecule has 3 rings (SSSR count). The Morgan fingerprint density at radius 3 is 2.85 bits per heavy atom. The van der Waals surface area contributed by atoms with Crippen molar-refractivity contribution in [3.8, 4) is 0 Å². The predicted octanol–water partition coefficient (Wildman–Crippen LogP) is 4.38. The molecule has 0 aliphatic carbocycles. The number of benzene rings is 2. The van der Waals surface area contributed by atoms with Gasteiger partial charge in [-0.1, -0.05) is 41.0 Å². The molecule has 1 heterocycles. The van der Waals surface area contributed by atoms with E-state index in [1.807, 2.05) is 0 Å². The van der Waals surface area contributed by atoms with Crippen molar-refractivity contribution in [1.29, 1.82) is 0 Å². The van der Waals surface area contributed by atoms with Crippen molar-refractivity contribution in [3.05, 3.63) is 58.3 Å². The molecule has 9 heteroatoms. The molecule has 1 fully saturated rings. The molecule has 1 aliphatic heterocycles. The fourth-order valence-electron chi connectivity index (χ4n) is 2.22. The summed E-state index contributed by atoms with van der Waals surface area (Å²) >= 11 is 13.0. The maximum Gasteiger partial charge on any atom is 0.240 e. The van der Waals surface area contributed by atoms with Crippen molar-refractivity contribution in [1.82, 2.24) is 5.32 Å². The largest absolute Gasteiger partial charge is 0.325 e. The Morgan fingerprint density at radius 1 is 1.27 bits per heavy atom. The van der Waals surface area contributed by atoms with Crippen molar-refractivity contribution in [2.45, 2.75) is 11.7 Å². The first-order chi connectivity index (χ1) is 12.4. The SMILES string of the molecule is O=C(CC1SC(=Nc2cccc(F)c2)NC1=O)Nc1cc(Cl)ccc1Cl. The third-order valence-electron chi connectivity index (χ3n) is 3.39. The van der Waals surface area contributed by atoms with Crippen molar-refractivity contribution in [2.75, 3.05) is 5.32 Å². The first-order valence-electron chi connectivity index (χ1n) is 7.47. The van der Waals surface area contributed by atoms with Crippen LogP contribution in [0.4, 0.5) is 15.8 Å². The number of nitrogens with zero attached hydrogens (tertiary/aromatic N) is 1. The normalized spacial score (nSPS) is 18.0. The average Bonchev–Trinajstić information content (AvgIpc) is 2.90. The summed E-state index contributed by atoms with van der Waals surface area (Å²) in [4.78, 5) is 28.4. The van der Waals surface area contributed by atoms with E-state index in [1.165, 1.54) is 24.3 Å². The minimum absolute atomic E-state index is 0.0679. The van der Waals surface area contributed by atoms with Crippen LogP contribution in [0.15, 0.2) is 47.5 Å². The number of amides is 2. The van der Waals surface area contributed by atoms with Gasteiger partial charge in [0.15, 0.2) is 5.17 Å². The summed E-state index contributed by atoms with van der Waals surface area (Å²) in [5.41, 5.74) is 0.754. The molecule has 5 nitrogen and oxygen atoms in total. The second-order valence-electron chi connectivity index (χ2n) is 5.37. The third-order valence-corrected chi connectivity index (χ3v) is 5.04. The Labute approximate surface area is 163 Å². The van der Waals surface area contributed by atoms with Gasteiger partial charge >= 0.3 is 0 Å². The van der Waals surface area contributed by atoms with E-state index in [9.17, 15) is 14.0 Å². The second kappa shape index (κ2) is 8.07. The number of hydrogen-bond acceptors (Lipinski definition) is 4. The van der Waals surface area contributed by atoms with Gasteiger partial charge in [0.05, 0.1) is 16.4 Å². The zero-order valence-electron chi connectivity index (χ0n) is 13.1. The molecule has 26 heavy (non-hydrogen) atoms. The van der Waals surface area contributed by atoms with E-state index < -0.39 is 11.1 Å². The smallest absolute Gasteiger partial charge is 0.240 e. The molecule has 0 spiro atoms. The number of thioether (sulfide) groups is 1. The van der Waals surface area contributed by atoms with E-state index in [2.05, 4.69) is 15.6 Å². The van der Waals surface area contributed by atoms with Crippen LogP contribution < -0.4 is 10.6 Å². The highest BCUT2D eigenvalue weighted by Gasteiger charge is 2.32. The molecule has 2 N–H and O–H groups in total. The molecule has 2 aromatic carbocycles. The zero-order chi connectivity index (χ0) is 18.7. The lowest BCUT2D eigenvalue weighted by molar-refractivity contribution is -0.122. The van der Waals surface area contributed by atoms with Gasteiger partial charge in [0.2, 0.25) is 11.8 Å².